The maximum absolute atomic E-state index is 13.6. The zero-order valence-electron chi connectivity index (χ0n) is 17.7. The van der Waals surface area contributed by atoms with Crippen LogP contribution in [0.3, 0.4) is 0 Å². The molecule has 2 saturated heterocycles. The molecule has 4 aliphatic rings. The van der Waals surface area contributed by atoms with E-state index in [4.69, 9.17) is 4.74 Å². The summed E-state index contributed by atoms with van der Waals surface area (Å²) < 4.78 is 5.92. The van der Waals surface area contributed by atoms with Crippen LogP contribution in [0.15, 0.2) is 47.6 Å². The van der Waals surface area contributed by atoms with Crippen molar-refractivity contribution in [2.75, 3.05) is 24.6 Å². The second-order valence-corrected chi connectivity index (χ2v) is 9.79. The molecule has 2 bridgehead atoms. The summed E-state index contributed by atoms with van der Waals surface area (Å²) in [4.78, 5) is 18.0. The van der Waals surface area contributed by atoms with Gasteiger partial charge in [-0.1, -0.05) is 35.9 Å². The Balaban J connectivity index is 1.76. The molecule has 0 aromatic heterocycles. The average molecular weight is 395 g/mol. The molecular formula is C24H30N2O3. The number of rotatable bonds is 1. The molecule has 1 aromatic rings. The quantitative estimate of drug-likeness (QED) is 0.732. The van der Waals surface area contributed by atoms with Crippen molar-refractivity contribution >= 4 is 11.8 Å². The molecule has 154 valence electrons. The van der Waals surface area contributed by atoms with Crippen molar-refractivity contribution in [1.82, 2.24) is 4.90 Å². The highest BCUT2D eigenvalue weighted by Crippen LogP contribution is 2.66. The minimum Gasteiger partial charge on any atom is -0.443 e. The van der Waals surface area contributed by atoms with Gasteiger partial charge < -0.3 is 9.84 Å². The number of piperidine rings is 1. The van der Waals surface area contributed by atoms with Crippen LogP contribution in [0.1, 0.15) is 46.1 Å². The molecule has 1 amide bonds. The van der Waals surface area contributed by atoms with Gasteiger partial charge in [0.25, 0.3) is 0 Å². The number of aliphatic hydroxyl groups is 1. The number of ether oxygens (including phenoxy) is 1. The molecule has 1 aliphatic carbocycles. The number of amides is 1. The lowest BCUT2D eigenvalue weighted by Crippen LogP contribution is -2.69. The predicted molar refractivity (Wildman–Crippen MR) is 113 cm³/mol. The van der Waals surface area contributed by atoms with Gasteiger partial charge in [-0.05, 0) is 57.7 Å². The Hall–Kier alpha value is -2.11. The van der Waals surface area contributed by atoms with Crippen molar-refractivity contribution in [2.45, 2.75) is 57.2 Å². The first-order chi connectivity index (χ1) is 13.8. The summed E-state index contributed by atoms with van der Waals surface area (Å²) in [6, 6.07) is 8.26. The Morgan fingerprint density at radius 3 is 2.79 bits per heavy atom. The summed E-state index contributed by atoms with van der Waals surface area (Å²) in [5.41, 5.74) is 3.24. The van der Waals surface area contributed by atoms with Gasteiger partial charge in [-0.2, -0.15) is 0 Å². The zero-order chi connectivity index (χ0) is 20.6. The number of anilines is 1. The molecule has 29 heavy (non-hydrogen) atoms. The molecule has 0 unspecified atom stereocenters. The molecule has 0 radical (unpaired) electrons. The van der Waals surface area contributed by atoms with Gasteiger partial charge in [0.2, 0.25) is 0 Å². The molecular weight excluding hydrogens is 364 g/mol. The van der Waals surface area contributed by atoms with Gasteiger partial charge in [-0.25, -0.2) is 4.79 Å². The van der Waals surface area contributed by atoms with Crippen molar-refractivity contribution in [3.63, 3.8) is 0 Å². The Morgan fingerprint density at radius 2 is 2.10 bits per heavy atom. The number of hydrogen-bond donors (Lipinski definition) is 1. The van der Waals surface area contributed by atoms with E-state index in [9.17, 15) is 9.90 Å². The number of aliphatic hydroxyl groups excluding tert-OH is 1. The molecule has 1 aromatic carbocycles. The summed E-state index contributed by atoms with van der Waals surface area (Å²) in [6.45, 7) is 9.65. The SMILES string of the molecule is C/C=C1/CN2CC[C@]34C=C(CO)[C@H]1C[C@]23N(C(=O)OC(C)(C)C)c1ccccc14. The normalized spacial score (nSPS) is 34.1. The fourth-order valence-electron chi connectivity index (χ4n) is 6.33. The van der Waals surface area contributed by atoms with Gasteiger partial charge in [0.1, 0.15) is 11.3 Å². The summed E-state index contributed by atoms with van der Waals surface area (Å²) >= 11 is 0. The lowest BCUT2D eigenvalue weighted by Gasteiger charge is -2.57. The maximum Gasteiger partial charge on any atom is 0.416 e. The highest BCUT2D eigenvalue weighted by atomic mass is 16.6. The molecule has 5 heteroatoms. The van der Waals surface area contributed by atoms with E-state index >= 15 is 0 Å². The van der Waals surface area contributed by atoms with E-state index < -0.39 is 11.3 Å². The number of allylic oxidation sites excluding steroid dienone is 1. The zero-order valence-corrected chi connectivity index (χ0v) is 17.7. The van der Waals surface area contributed by atoms with E-state index in [0.29, 0.717) is 0 Å². The molecule has 5 rings (SSSR count). The number of hydrogen-bond acceptors (Lipinski definition) is 4. The Labute approximate surface area is 172 Å². The van der Waals surface area contributed by atoms with Gasteiger partial charge in [0, 0.05) is 19.0 Å². The third-order valence-corrected chi connectivity index (χ3v) is 7.33. The van der Waals surface area contributed by atoms with Crippen molar-refractivity contribution in [1.29, 1.82) is 0 Å². The number of benzene rings is 1. The lowest BCUT2D eigenvalue weighted by molar-refractivity contribution is 0.0224. The van der Waals surface area contributed by atoms with Crippen molar-refractivity contribution < 1.29 is 14.6 Å². The largest absolute Gasteiger partial charge is 0.443 e. The van der Waals surface area contributed by atoms with Gasteiger partial charge in [-0.3, -0.25) is 9.80 Å². The lowest BCUT2D eigenvalue weighted by atomic mass is 9.60. The molecule has 1 spiro atoms. The standard InChI is InChI=1S/C24H30N2O3/c1-5-16-14-25-11-10-23-12-17(15-27)18(16)13-24(23,25)26(21(28)29-22(2,3)4)20-9-7-6-8-19(20)23/h5-9,12,18,27H,10-11,13-15H2,1-4H3/b16-5-/t18-,23+,24+/m0/s1. The van der Waals surface area contributed by atoms with Crippen LogP contribution in [0.5, 0.6) is 0 Å². The van der Waals surface area contributed by atoms with Crippen LogP contribution in [0.2, 0.25) is 0 Å². The number of nitrogens with zero attached hydrogens (tertiary/aromatic N) is 2. The molecule has 2 fully saturated rings. The van der Waals surface area contributed by atoms with Crippen LogP contribution in [-0.4, -0.2) is 47.1 Å². The van der Waals surface area contributed by atoms with E-state index in [1.165, 1.54) is 11.1 Å². The summed E-state index contributed by atoms with van der Waals surface area (Å²) in [7, 11) is 0. The molecule has 3 atom stereocenters. The minimum absolute atomic E-state index is 0.0639. The van der Waals surface area contributed by atoms with Gasteiger partial charge >= 0.3 is 6.09 Å². The van der Waals surface area contributed by atoms with Crippen molar-refractivity contribution in [3.05, 3.63) is 53.1 Å². The molecule has 3 aliphatic heterocycles. The first-order valence-electron chi connectivity index (χ1n) is 10.6. The smallest absolute Gasteiger partial charge is 0.416 e. The maximum atomic E-state index is 13.6. The second kappa shape index (κ2) is 5.96. The van der Waals surface area contributed by atoms with Crippen molar-refractivity contribution in [2.24, 2.45) is 5.92 Å². The van der Waals surface area contributed by atoms with E-state index in [2.05, 4.69) is 36.1 Å². The van der Waals surface area contributed by atoms with Gasteiger partial charge in [0.05, 0.1) is 17.7 Å². The molecule has 5 nitrogen and oxygen atoms in total. The van der Waals surface area contributed by atoms with Crippen LogP contribution in [0, 0.1) is 5.92 Å². The highest BCUT2D eigenvalue weighted by molar-refractivity contribution is 5.95. The Kier molecular flexibility index (Phi) is 3.88. The minimum atomic E-state index is -0.559. The highest BCUT2D eigenvalue weighted by Gasteiger charge is 2.72. The number of fused-ring (bicyclic) bond motifs is 2. The molecule has 0 saturated carbocycles. The first-order valence-corrected chi connectivity index (χ1v) is 10.6. The van der Waals surface area contributed by atoms with E-state index in [-0.39, 0.29) is 24.0 Å². The van der Waals surface area contributed by atoms with Crippen LogP contribution in [0.4, 0.5) is 10.5 Å². The number of para-hydroxylation sites is 1. The third-order valence-electron chi connectivity index (χ3n) is 7.33. The van der Waals surface area contributed by atoms with Crippen molar-refractivity contribution in [3.8, 4) is 0 Å². The third kappa shape index (κ3) is 2.26. The first kappa shape index (κ1) is 18.9. The molecule has 1 N–H and O–H groups in total. The fourth-order valence-corrected chi connectivity index (χ4v) is 6.33. The van der Waals surface area contributed by atoms with E-state index in [1.807, 2.05) is 37.8 Å². The molecule has 3 heterocycles. The predicted octanol–water partition coefficient (Wildman–Crippen LogP) is 3.98. The van der Waals surface area contributed by atoms with Crippen LogP contribution in [0.25, 0.3) is 0 Å². The summed E-state index contributed by atoms with van der Waals surface area (Å²) in [6.07, 6.45) is 5.95. The van der Waals surface area contributed by atoms with Crippen LogP contribution < -0.4 is 4.90 Å². The Morgan fingerprint density at radius 1 is 1.34 bits per heavy atom. The van der Waals surface area contributed by atoms with Crippen LogP contribution in [-0.2, 0) is 10.2 Å². The van der Waals surface area contributed by atoms with E-state index in [0.717, 1.165) is 37.2 Å². The number of carbonyl (C=O) groups excluding carboxylic acids is 1. The topological polar surface area (TPSA) is 53.0 Å². The van der Waals surface area contributed by atoms with E-state index in [1.54, 1.807) is 0 Å². The second-order valence-electron chi connectivity index (χ2n) is 9.79. The number of carbonyl (C=O) groups is 1. The van der Waals surface area contributed by atoms with Gasteiger partial charge in [-0.15, -0.1) is 0 Å². The fraction of sp³-hybridized carbons (Fsp3) is 0.542. The summed E-state index contributed by atoms with van der Waals surface area (Å²) in [5, 5.41) is 10.2. The average Bonchev–Trinajstić information content (AvgIpc) is 3.14. The van der Waals surface area contributed by atoms with Gasteiger partial charge in [0.15, 0.2) is 0 Å². The monoisotopic (exact) mass is 394 g/mol. The Bertz CT molecular complexity index is 944. The summed E-state index contributed by atoms with van der Waals surface area (Å²) in [5.74, 6) is 0.173. The van der Waals surface area contributed by atoms with Crippen LogP contribution >= 0.6 is 0 Å².